The van der Waals surface area contributed by atoms with Gasteiger partial charge in [0.2, 0.25) is 5.88 Å². The van der Waals surface area contributed by atoms with Gasteiger partial charge in [0.05, 0.1) is 29.7 Å². The van der Waals surface area contributed by atoms with Crippen LogP contribution >= 0.6 is 34.5 Å². The van der Waals surface area contributed by atoms with Gasteiger partial charge in [0.15, 0.2) is 11.5 Å². The zero-order valence-corrected chi connectivity index (χ0v) is 26.1. The molecular formula is C33H30Cl2N2O5S. The van der Waals surface area contributed by atoms with Crippen molar-refractivity contribution in [2.75, 3.05) is 13.7 Å². The molecule has 0 bridgehead atoms. The van der Waals surface area contributed by atoms with Crippen LogP contribution in [0, 0.1) is 11.3 Å². The number of nitriles is 1. The van der Waals surface area contributed by atoms with Crippen LogP contribution in [0.25, 0.3) is 10.1 Å². The van der Waals surface area contributed by atoms with Crippen molar-refractivity contribution < 1.29 is 23.7 Å². The average molecular weight is 638 g/mol. The molecule has 5 rings (SSSR count). The highest BCUT2D eigenvalue weighted by Crippen LogP contribution is 2.46. The van der Waals surface area contributed by atoms with Crippen molar-refractivity contribution in [1.82, 2.24) is 0 Å². The fourth-order valence-corrected chi connectivity index (χ4v) is 6.89. The molecule has 0 saturated carbocycles. The lowest BCUT2D eigenvalue weighted by molar-refractivity contribution is 0.0740. The van der Waals surface area contributed by atoms with Crippen LogP contribution in [0.5, 0.6) is 23.0 Å². The largest absolute Gasteiger partial charge is 0.493 e. The second-order valence-electron chi connectivity index (χ2n) is 10.0. The third-order valence-corrected chi connectivity index (χ3v) is 9.16. The Morgan fingerprint density at radius 2 is 1.88 bits per heavy atom. The zero-order valence-electron chi connectivity index (χ0n) is 23.7. The summed E-state index contributed by atoms with van der Waals surface area (Å²) in [5.41, 5.74) is 7.93. The Labute approximate surface area is 264 Å². The van der Waals surface area contributed by atoms with Crippen molar-refractivity contribution in [3.8, 4) is 29.1 Å². The molecule has 0 aliphatic carbocycles. The van der Waals surface area contributed by atoms with Crippen molar-refractivity contribution in [3.63, 3.8) is 0 Å². The van der Waals surface area contributed by atoms with Gasteiger partial charge in [-0.05, 0) is 42.3 Å². The lowest BCUT2D eigenvalue weighted by Crippen LogP contribution is -2.21. The number of carbonyl (C=O) groups excluding carboxylic acids is 1. The van der Waals surface area contributed by atoms with E-state index >= 15 is 0 Å². The minimum Gasteiger partial charge on any atom is -0.493 e. The van der Waals surface area contributed by atoms with E-state index in [-0.39, 0.29) is 27.1 Å². The van der Waals surface area contributed by atoms with E-state index in [2.05, 4.69) is 13.0 Å². The molecule has 0 spiro atoms. The maximum Gasteiger partial charge on any atom is 0.355 e. The summed E-state index contributed by atoms with van der Waals surface area (Å²) in [6.45, 7) is 2.78. The van der Waals surface area contributed by atoms with Crippen molar-refractivity contribution in [2.24, 2.45) is 5.73 Å². The molecule has 7 nitrogen and oxygen atoms in total. The number of nitrogens with two attached hydrogens (primary N) is 1. The van der Waals surface area contributed by atoms with Gasteiger partial charge in [0, 0.05) is 21.7 Å². The van der Waals surface area contributed by atoms with Crippen LogP contribution in [0.2, 0.25) is 10.0 Å². The van der Waals surface area contributed by atoms with Crippen LogP contribution in [-0.4, -0.2) is 19.7 Å². The highest BCUT2D eigenvalue weighted by atomic mass is 35.5. The summed E-state index contributed by atoms with van der Waals surface area (Å²) >= 11 is 14.0. The molecule has 222 valence electrons. The summed E-state index contributed by atoms with van der Waals surface area (Å²) in [6.07, 6.45) is 5.69. The molecule has 1 aliphatic heterocycles. The van der Waals surface area contributed by atoms with Gasteiger partial charge in [-0.15, -0.1) is 11.3 Å². The SMILES string of the molecule is CCCCCCCOc1ccc(C2C(C#N)=C(N)Oc3cc(OC(=O)c4sc5cccc(Cl)c5c4Cl)ccc32)cc1OC. The minimum atomic E-state index is -0.624. The molecule has 1 atom stereocenters. The van der Waals surface area contributed by atoms with E-state index in [0.29, 0.717) is 39.8 Å². The quantitative estimate of drug-likeness (QED) is 0.0994. The smallest absolute Gasteiger partial charge is 0.355 e. The predicted molar refractivity (Wildman–Crippen MR) is 170 cm³/mol. The number of nitrogens with zero attached hydrogens (tertiary/aromatic N) is 1. The number of hydrogen-bond donors (Lipinski definition) is 1. The highest BCUT2D eigenvalue weighted by molar-refractivity contribution is 7.21. The first-order chi connectivity index (χ1) is 20.9. The summed E-state index contributed by atoms with van der Waals surface area (Å²) in [7, 11) is 1.58. The summed E-state index contributed by atoms with van der Waals surface area (Å²) in [5.74, 6) is 0.598. The first kappa shape index (κ1) is 30.6. The number of allylic oxidation sites excluding steroid dienone is 1. The summed E-state index contributed by atoms with van der Waals surface area (Å²) in [4.78, 5) is 13.3. The number of unbranched alkanes of at least 4 members (excludes halogenated alkanes) is 4. The first-order valence-corrected chi connectivity index (χ1v) is 15.5. The maximum atomic E-state index is 13.1. The van der Waals surface area contributed by atoms with E-state index in [1.807, 2.05) is 24.3 Å². The van der Waals surface area contributed by atoms with Gasteiger partial charge >= 0.3 is 5.97 Å². The summed E-state index contributed by atoms with van der Waals surface area (Å²) in [5, 5.41) is 11.3. The molecule has 0 saturated heterocycles. The molecule has 4 aromatic rings. The van der Waals surface area contributed by atoms with Crippen molar-refractivity contribution >= 4 is 50.6 Å². The third kappa shape index (κ3) is 6.40. The number of methoxy groups -OCH3 is 1. The monoisotopic (exact) mass is 636 g/mol. The van der Waals surface area contributed by atoms with E-state index in [1.165, 1.54) is 30.6 Å². The number of benzene rings is 3. The fourth-order valence-electron chi connectivity index (χ4n) is 5.07. The molecule has 1 aliphatic rings. The number of halogens is 2. The molecule has 0 amide bonds. The van der Waals surface area contributed by atoms with Gasteiger partial charge in [0.25, 0.3) is 0 Å². The highest BCUT2D eigenvalue weighted by Gasteiger charge is 2.32. The third-order valence-electron chi connectivity index (χ3n) is 7.22. The van der Waals surface area contributed by atoms with Gasteiger partial charge < -0.3 is 24.7 Å². The van der Waals surface area contributed by atoms with Gasteiger partial charge in [-0.3, -0.25) is 0 Å². The molecule has 0 radical (unpaired) electrons. The molecule has 2 heterocycles. The van der Waals surface area contributed by atoms with Crippen LogP contribution in [0.3, 0.4) is 0 Å². The van der Waals surface area contributed by atoms with E-state index in [0.717, 1.165) is 23.1 Å². The zero-order chi connectivity index (χ0) is 30.5. The van der Waals surface area contributed by atoms with Crippen LogP contribution in [0.15, 0.2) is 66.1 Å². The van der Waals surface area contributed by atoms with Crippen molar-refractivity contribution in [3.05, 3.63) is 92.1 Å². The topological polar surface area (TPSA) is 104 Å². The molecule has 2 N–H and O–H groups in total. The van der Waals surface area contributed by atoms with E-state index in [4.69, 9.17) is 47.9 Å². The normalized spacial score (nSPS) is 14.2. The molecule has 43 heavy (non-hydrogen) atoms. The van der Waals surface area contributed by atoms with E-state index in [9.17, 15) is 10.1 Å². The van der Waals surface area contributed by atoms with Crippen LogP contribution < -0.4 is 24.7 Å². The van der Waals surface area contributed by atoms with E-state index in [1.54, 1.807) is 37.4 Å². The number of carbonyl (C=O) groups is 1. The maximum absolute atomic E-state index is 13.1. The van der Waals surface area contributed by atoms with Crippen LogP contribution in [0.4, 0.5) is 0 Å². The number of hydrogen-bond acceptors (Lipinski definition) is 8. The minimum absolute atomic E-state index is 0.0305. The van der Waals surface area contributed by atoms with Gasteiger partial charge in [-0.1, -0.05) is 74.0 Å². The second kappa shape index (κ2) is 13.6. The standard InChI is InChI=1S/C33H30Cl2N2O5S/c1-3-4-5-6-7-15-40-24-14-11-19(16-26(24)39-2)28-21-13-12-20(17-25(21)42-32(37)22(28)18-36)41-33(38)31-30(35)29-23(34)9-8-10-27(29)43-31/h8-14,16-17,28H,3-7,15,37H2,1-2H3. The number of ether oxygens (including phenoxy) is 4. The number of fused-ring (bicyclic) bond motifs is 2. The lowest BCUT2D eigenvalue weighted by atomic mass is 9.83. The second-order valence-corrected chi connectivity index (χ2v) is 11.9. The van der Waals surface area contributed by atoms with Gasteiger partial charge in [0.1, 0.15) is 28.0 Å². The average Bonchev–Trinajstić information content (AvgIpc) is 3.35. The van der Waals surface area contributed by atoms with Gasteiger partial charge in [-0.2, -0.15) is 5.26 Å². The number of thiophene rings is 1. The Morgan fingerprint density at radius 1 is 1.07 bits per heavy atom. The summed E-state index contributed by atoms with van der Waals surface area (Å²) in [6, 6.07) is 18.1. The molecule has 1 unspecified atom stereocenters. The Bertz CT molecular complexity index is 1740. The lowest BCUT2D eigenvalue weighted by Gasteiger charge is -2.27. The Hall–Kier alpha value is -3.90. The Kier molecular flexibility index (Phi) is 9.66. The van der Waals surface area contributed by atoms with Crippen LogP contribution in [0.1, 0.15) is 65.7 Å². The van der Waals surface area contributed by atoms with E-state index < -0.39 is 11.9 Å². The first-order valence-electron chi connectivity index (χ1n) is 14.0. The molecule has 0 fully saturated rings. The Morgan fingerprint density at radius 3 is 2.63 bits per heavy atom. The predicted octanol–water partition coefficient (Wildman–Crippen LogP) is 9.00. The van der Waals surface area contributed by atoms with Crippen molar-refractivity contribution in [1.29, 1.82) is 5.26 Å². The van der Waals surface area contributed by atoms with Gasteiger partial charge in [-0.25, -0.2) is 4.79 Å². The number of esters is 1. The fraction of sp³-hybridized carbons (Fsp3) is 0.273. The van der Waals surface area contributed by atoms with Crippen molar-refractivity contribution in [2.45, 2.75) is 44.9 Å². The molecular weight excluding hydrogens is 607 g/mol. The Balaban J connectivity index is 1.39. The number of rotatable bonds is 11. The van der Waals surface area contributed by atoms with Crippen LogP contribution in [-0.2, 0) is 0 Å². The summed E-state index contributed by atoms with van der Waals surface area (Å²) < 4.78 is 23.9. The molecule has 1 aromatic heterocycles. The molecule has 10 heteroatoms. The molecule has 3 aromatic carbocycles.